The Morgan fingerprint density at radius 2 is 1.98 bits per heavy atom. The van der Waals surface area contributed by atoms with Crippen molar-refractivity contribution in [3.63, 3.8) is 0 Å². The highest BCUT2D eigenvalue weighted by Crippen LogP contribution is 2.34. The van der Waals surface area contributed by atoms with Crippen LogP contribution in [0.3, 0.4) is 0 Å². The third kappa shape index (κ3) is 11.1. The molecule has 1 aromatic carbocycles. The van der Waals surface area contributed by atoms with Crippen LogP contribution >= 0.6 is 11.6 Å². The van der Waals surface area contributed by atoms with Crippen LogP contribution in [0.25, 0.3) is 0 Å². The Hall–Kier alpha value is -2.88. The zero-order valence-electron chi connectivity index (χ0n) is 24.5. The van der Waals surface area contributed by atoms with Crippen molar-refractivity contribution in [3.8, 4) is 5.75 Å². The van der Waals surface area contributed by atoms with Crippen molar-refractivity contribution >= 4 is 29.1 Å². The molecule has 2 heterocycles. The molecular formula is C31H44ClN3O6. The van der Waals surface area contributed by atoms with E-state index in [0.29, 0.717) is 50.3 Å². The number of phenols is 1. The molecule has 2 aliphatic heterocycles. The smallest absolute Gasteiger partial charge is 0.263 e. The third-order valence-corrected chi connectivity index (χ3v) is 7.58. The SMILES string of the molecule is CC(=O)NCCCOC1/C=C/C[C@@H](C)OCc2c(C)cc(O)c(Cl)c2CC(=N\OCC(=O)N2CCCCC2)/C=C/C1. The van der Waals surface area contributed by atoms with Gasteiger partial charge in [0.25, 0.3) is 5.91 Å². The number of carbonyl (C=O) groups is 2. The van der Waals surface area contributed by atoms with Crippen LogP contribution in [0.15, 0.2) is 35.5 Å². The van der Waals surface area contributed by atoms with E-state index in [1.807, 2.05) is 37.0 Å². The van der Waals surface area contributed by atoms with Gasteiger partial charge in [-0.05, 0) is 81.2 Å². The lowest BCUT2D eigenvalue weighted by Gasteiger charge is -2.26. The van der Waals surface area contributed by atoms with Crippen LogP contribution in [-0.4, -0.2) is 72.6 Å². The molecule has 0 radical (unpaired) electrons. The number of phenolic OH excluding ortho intramolecular Hbond substituents is 1. The number of hydrogen-bond acceptors (Lipinski definition) is 7. The van der Waals surface area contributed by atoms with Crippen molar-refractivity contribution in [1.82, 2.24) is 10.2 Å². The van der Waals surface area contributed by atoms with Crippen molar-refractivity contribution in [2.75, 3.05) is 32.8 Å². The quantitative estimate of drug-likeness (QED) is 0.251. The van der Waals surface area contributed by atoms with Gasteiger partial charge in [0.15, 0.2) is 6.61 Å². The summed E-state index contributed by atoms with van der Waals surface area (Å²) in [7, 11) is 0. The maximum atomic E-state index is 12.6. The maximum absolute atomic E-state index is 12.6. The van der Waals surface area contributed by atoms with Gasteiger partial charge in [-0.15, -0.1) is 0 Å². The topological polar surface area (TPSA) is 110 Å². The van der Waals surface area contributed by atoms with Gasteiger partial charge in [0.1, 0.15) is 5.75 Å². The number of aromatic hydroxyl groups is 1. The average molecular weight is 590 g/mol. The lowest BCUT2D eigenvalue weighted by Crippen LogP contribution is -2.37. The van der Waals surface area contributed by atoms with E-state index in [2.05, 4.69) is 16.5 Å². The van der Waals surface area contributed by atoms with Crippen molar-refractivity contribution in [2.45, 2.75) is 84.5 Å². The molecular weight excluding hydrogens is 546 g/mol. The first-order chi connectivity index (χ1) is 19.7. The van der Waals surface area contributed by atoms with E-state index in [1.165, 1.54) is 6.92 Å². The number of aryl methyl sites for hydroxylation is 1. The summed E-state index contributed by atoms with van der Waals surface area (Å²) >= 11 is 6.60. The van der Waals surface area contributed by atoms with E-state index in [4.69, 9.17) is 25.9 Å². The van der Waals surface area contributed by atoms with E-state index in [0.717, 1.165) is 43.5 Å². The zero-order valence-corrected chi connectivity index (χ0v) is 25.3. The summed E-state index contributed by atoms with van der Waals surface area (Å²) in [5.41, 5.74) is 3.03. The minimum absolute atomic E-state index is 0.00253. The largest absolute Gasteiger partial charge is 0.506 e. The predicted molar refractivity (Wildman–Crippen MR) is 160 cm³/mol. The second kappa shape index (κ2) is 17.2. The number of amides is 2. The zero-order chi connectivity index (χ0) is 29.6. The van der Waals surface area contributed by atoms with Crippen LogP contribution in [0.1, 0.15) is 69.1 Å². The van der Waals surface area contributed by atoms with Crippen molar-refractivity contribution in [3.05, 3.63) is 52.1 Å². The summed E-state index contributed by atoms with van der Waals surface area (Å²) in [5, 5.41) is 17.8. The molecule has 2 atom stereocenters. The summed E-state index contributed by atoms with van der Waals surface area (Å²) in [6.45, 7) is 8.16. The molecule has 10 heteroatoms. The Labute approximate surface area is 248 Å². The molecule has 3 rings (SSSR count). The lowest BCUT2D eigenvalue weighted by atomic mass is 9.96. The predicted octanol–water partition coefficient (Wildman–Crippen LogP) is 5.00. The van der Waals surface area contributed by atoms with Crippen molar-refractivity contribution < 1.29 is 29.0 Å². The number of benzene rings is 1. The number of allylic oxidation sites excluding steroid dienone is 1. The van der Waals surface area contributed by atoms with Gasteiger partial charge >= 0.3 is 0 Å². The fraction of sp³-hybridized carbons (Fsp3) is 0.581. The number of piperidine rings is 1. The number of rotatable bonds is 8. The molecule has 41 heavy (non-hydrogen) atoms. The number of nitrogens with zero attached hydrogens (tertiary/aromatic N) is 2. The Kier molecular flexibility index (Phi) is 13.7. The second-order valence-electron chi connectivity index (χ2n) is 10.6. The molecule has 1 unspecified atom stereocenters. The Morgan fingerprint density at radius 3 is 2.73 bits per heavy atom. The number of nitrogens with one attached hydrogen (secondary N) is 1. The minimum atomic E-state index is -0.177. The minimum Gasteiger partial charge on any atom is -0.506 e. The summed E-state index contributed by atoms with van der Waals surface area (Å²) in [6, 6.07) is 1.65. The highest BCUT2D eigenvalue weighted by molar-refractivity contribution is 6.33. The van der Waals surface area contributed by atoms with Crippen LogP contribution in [0.2, 0.25) is 5.02 Å². The number of hydrogen-bond donors (Lipinski definition) is 2. The van der Waals surface area contributed by atoms with Gasteiger partial charge in [-0.1, -0.05) is 35.0 Å². The van der Waals surface area contributed by atoms with Crippen molar-refractivity contribution in [2.24, 2.45) is 5.16 Å². The molecule has 2 amide bonds. The summed E-state index contributed by atoms with van der Waals surface area (Å²) in [4.78, 5) is 31.1. The van der Waals surface area contributed by atoms with Crippen LogP contribution in [-0.2, 0) is 36.9 Å². The highest BCUT2D eigenvalue weighted by Gasteiger charge is 2.19. The van der Waals surface area contributed by atoms with Crippen LogP contribution in [0.5, 0.6) is 5.75 Å². The summed E-state index contributed by atoms with van der Waals surface area (Å²) in [6.07, 6.45) is 13.1. The van der Waals surface area contributed by atoms with Crippen LogP contribution in [0.4, 0.5) is 0 Å². The highest BCUT2D eigenvalue weighted by atomic mass is 35.5. The molecule has 2 N–H and O–H groups in total. The summed E-state index contributed by atoms with van der Waals surface area (Å²) in [5.74, 6) is -0.139. The van der Waals surface area contributed by atoms with Crippen molar-refractivity contribution in [1.29, 1.82) is 0 Å². The number of halogens is 1. The van der Waals surface area contributed by atoms with Gasteiger partial charge in [-0.25, -0.2) is 0 Å². The van der Waals surface area contributed by atoms with E-state index < -0.39 is 0 Å². The standard InChI is InChI=1S/C31H44ClN3O6/c1-22-18-29(37)31(32)27-19-25(34-41-21-30(38)35-15-5-4-6-16-35)11-8-13-26(39-17-9-14-33-24(3)36)12-7-10-23(2)40-20-28(22)27/h7-8,11-12,18,23,26,37H,4-6,9-10,13-17,19-21H2,1-3H3,(H,33,36)/b11-8+,12-7+,34-25-/t23-,26?/m1/s1. The van der Waals surface area contributed by atoms with Gasteiger partial charge in [0.2, 0.25) is 5.91 Å². The molecule has 0 aliphatic carbocycles. The van der Waals surface area contributed by atoms with Gasteiger partial charge in [-0.2, -0.15) is 0 Å². The van der Waals surface area contributed by atoms with E-state index in [-0.39, 0.29) is 47.8 Å². The molecule has 0 spiro atoms. The third-order valence-electron chi connectivity index (χ3n) is 7.16. The molecule has 2 aliphatic rings. The molecule has 226 valence electrons. The number of likely N-dealkylation sites (tertiary alicyclic amines) is 1. The number of fused-ring (bicyclic) bond motifs is 1. The van der Waals surface area contributed by atoms with E-state index >= 15 is 0 Å². The summed E-state index contributed by atoms with van der Waals surface area (Å²) < 4.78 is 12.2. The normalized spacial score (nSPS) is 22.8. The van der Waals surface area contributed by atoms with E-state index in [9.17, 15) is 14.7 Å². The van der Waals surface area contributed by atoms with Gasteiger partial charge in [-0.3, -0.25) is 9.59 Å². The first-order valence-corrected chi connectivity index (χ1v) is 14.9. The average Bonchev–Trinajstić information content (AvgIpc) is 2.94. The molecule has 0 aromatic heterocycles. The number of ether oxygens (including phenoxy) is 2. The maximum Gasteiger partial charge on any atom is 0.263 e. The molecule has 1 saturated heterocycles. The Morgan fingerprint density at radius 1 is 1.20 bits per heavy atom. The number of oxime groups is 1. The monoisotopic (exact) mass is 589 g/mol. The van der Waals surface area contributed by atoms with E-state index in [1.54, 1.807) is 6.07 Å². The fourth-order valence-electron chi connectivity index (χ4n) is 4.80. The van der Waals surface area contributed by atoms with Crippen LogP contribution < -0.4 is 5.32 Å². The Bertz CT molecular complexity index is 1110. The first-order valence-electron chi connectivity index (χ1n) is 14.5. The van der Waals surface area contributed by atoms with Crippen LogP contribution in [0, 0.1) is 6.92 Å². The Balaban J connectivity index is 1.81. The van der Waals surface area contributed by atoms with Gasteiger partial charge in [0, 0.05) is 39.6 Å². The van der Waals surface area contributed by atoms with Gasteiger partial charge < -0.3 is 29.6 Å². The van der Waals surface area contributed by atoms with Gasteiger partial charge in [0.05, 0.1) is 29.5 Å². The molecule has 1 aromatic rings. The lowest BCUT2D eigenvalue weighted by molar-refractivity contribution is -0.137. The fourth-order valence-corrected chi connectivity index (χ4v) is 5.04. The first kappa shape index (κ1) is 32.6. The molecule has 9 nitrogen and oxygen atoms in total. The number of carbonyl (C=O) groups excluding carboxylic acids is 2. The molecule has 0 bridgehead atoms. The molecule has 1 fully saturated rings. The molecule has 0 saturated carbocycles. The second-order valence-corrected chi connectivity index (χ2v) is 11.0.